The minimum Gasteiger partial charge on any atom is -0.424 e. The number of rotatable bonds is 7. The quantitative estimate of drug-likeness (QED) is 0.392. The fourth-order valence-electron chi connectivity index (χ4n) is 2.89. The summed E-state index contributed by atoms with van der Waals surface area (Å²) in [4.78, 5) is 21.8. The number of aryl methyl sites for hydroxylation is 1. The third-order valence-corrected chi connectivity index (χ3v) is 6.62. The molecule has 0 amide bonds. The van der Waals surface area contributed by atoms with Crippen molar-refractivity contribution in [3.8, 4) is 11.8 Å². The molecule has 4 aromatic rings. The van der Waals surface area contributed by atoms with E-state index in [4.69, 9.17) is 9.15 Å². The molecular weight excluding hydrogens is 452 g/mol. The van der Waals surface area contributed by atoms with E-state index in [1.807, 2.05) is 6.92 Å². The van der Waals surface area contributed by atoms with E-state index in [9.17, 15) is 13.2 Å². The fourth-order valence-corrected chi connectivity index (χ4v) is 4.39. The first-order chi connectivity index (χ1) is 15.3. The van der Waals surface area contributed by atoms with E-state index >= 15 is 0 Å². The van der Waals surface area contributed by atoms with Gasteiger partial charge in [-0.2, -0.15) is 8.42 Å². The number of benzene rings is 2. The zero-order valence-electron chi connectivity index (χ0n) is 17.0. The van der Waals surface area contributed by atoms with E-state index in [0.717, 1.165) is 10.9 Å². The van der Waals surface area contributed by atoms with Crippen LogP contribution in [-0.2, 0) is 10.2 Å². The first-order valence-electron chi connectivity index (χ1n) is 9.36. The Morgan fingerprint density at radius 1 is 1.06 bits per heavy atom. The van der Waals surface area contributed by atoms with Crippen LogP contribution in [0.2, 0.25) is 0 Å². The highest BCUT2D eigenvalue weighted by atomic mass is 32.2. The molecule has 0 aliphatic rings. The first kappa shape index (κ1) is 21.8. The highest BCUT2D eigenvalue weighted by molar-refractivity contribution is 7.99. The van der Waals surface area contributed by atoms with Gasteiger partial charge >= 0.3 is 11.6 Å². The maximum absolute atomic E-state index is 12.7. The van der Waals surface area contributed by atoms with Gasteiger partial charge in [0, 0.05) is 35.8 Å². The minimum atomic E-state index is -3.64. The molecule has 2 heterocycles. The lowest BCUT2D eigenvalue weighted by Gasteiger charge is -2.10. The number of hydrogen-bond donors (Lipinski definition) is 2. The normalized spacial score (nSPS) is 11.4. The van der Waals surface area contributed by atoms with Gasteiger partial charge in [-0.3, -0.25) is 4.72 Å². The molecule has 0 aliphatic heterocycles. The molecule has 0 atom stereocenters. The zero-order chi connectivity index (χ0) is 22.7. The second-order valence-corrected chi connectivity index (χ2v) is 9.28. The molecule has 11 heteroatoms. The summed E-state index contributed by atoms with van der Waals surface area (Å²) in [6, 6.07) is 13.8. The summed E-state index contributed by atoms with van der Waals surface area (Å²) in [6.45, 7) is 1.83. The van der Waals surface area contributed by atoms with Crippen LogP contribution in [0.15, 0.2) is 79.9 Å². The number of nitrogens with one attached hydrogen (secondary N) is 2. The van der Waals surface area contributed by atoms with Gasteiger partial charge in [-0.15, -0.1) is 0 Å². The molecule has 0 saturated heterocycles. The third kappa shape index (κ3) is 4.90. The predicted octanol–water partition coefficient (Wildman–Crippen LogP) is 3.71. The number of hydrogen-bond acceptors (Lipinski definition) is 8. The Morgan fingerprint density at radius 2 is 1.84 bits per heavy atom. The van der Waals surface area contributed by atoms with Crippen molar-refractivity contribution in [2.24, 2.45) is 0 Å². The maximum Gasteiger partial charge on any atom is 0.350 e. The second-order valence-electron chi connectivity index (χ2n) is 6.57. The van der Waals surface area contributed by atoms with Crippen molar-refractivity contribution >= 4 is 38.6 Å². The highest BCUT2D eigenvalue weighted by Crippen LogP contribution is 2.34. The van der Waals surface area contributed by atoms with Crippen LogP contribution in [0.3, 0.4) is 0 Å². The summed E-state index contributed by atoms with van der Waals surface area (Å²) in [5.74, 6) is 0.441. The number of fused-ring (bicyclic) bond motifs is 1. The molecule has 32 heavy (non-hydrogen) atoms. The van der Waals surface area contributed by atoms with Gasteiger partial charge in [0.25, 0.3) is 10.2 Å². The summed E-state index contributed by atoms with van der Waals surface area (Å²) in [7, 11) is -2.33. The largest absolute Gasteiger partial charge is 0.424 e. The molecule has 0 saturated carbocycles. The van der Waals surface area contributed by atoms with Crippen LogP contribution in [0.4, 0.5) is 5.69 Å². The van der Waals surface area contributed by atoms with E-state index in [-0.39, 0.29) is 6.01 Å². The van der Waals surface area contributed by atoms with Gasteiger partial charge in [0.2, 0.25) is 0 Å². The molecule has 164 valence electrons. The molecule has 9 nitrogen and oxygen atoms in total. The van der Waals surface area contributed by atoms with Crippen molar-refractivity contribution in [2.45, 2.75) is 16.7 Å². The van der Waals surface area contributed by atoms with Crippen molar-refractivity contribution in [3.63, 3.8) is 0 Å². The van der Waals surface area contributed by atoms with E-state index in [2.05, 4.69) is 19.4 Å². The van der Waals surface area contributed by atoms with Gasteiger partial charge in [0.1, 0.15) is 16.2 Å². The van der Waals surface area contributed by atoms with E-state index in [0.29, 0.717) is 26.8 Å². The fraction of sp³-hybridized carbons (Fsp3) is 0.0952. The second kappa shape index (κ2) is 8.99. The Kier molecular flexibility index (Phi) is 6.12. The summed E-state index contributed by atoms with van der Waals surface area (Å²) < 4.78 is 39.2. The molecule has 0 unspecified atom stereocenters. The van der Waals surface area contributed by atoms with Gasteiger partial charge < -0.3 is 9.15 Å². The minimum absolute atomic E-state index is 0.187. The SMILES string of the molecule is CNS(=O)(=O)Nc1cccc(Sc2c(C)c3ccc(Oc4ncccn4)cc3oc2=O)c1. The van der Waals surface area contributed by atoms with Crippen LogP contribution in [0.25, 0.3) is 11.0 Å². The van der Waals surface area contributed by atoms with Crippen molar-refractivity contribution in [1.82, 2.24) is 14.7 Å². The topological polar surface area (TPSA) is 123 Å². The Morgan fingerprint density at radius 3 is 2.59 bits per heavy atom. The third-order valence-electron chi connectivity index (χ3n) is 4.41. The number of ether oxygens (including phenoxy) is 1. The van der Waals surface area contributed by atoms with Gasteiger partial charge in [-0.1, -0.05) is 17.8 Å². The molecule has 2 aromatic carbocycles. The van der Waals surface area contributed by atoms with Crippen LogP contribution in [-0.4, -0.2) is 25.4 Å². The average molecular weight is 471 g/mol. The van der Waals surface area contributed by atoms with Crippen molar-refractivity contribution in [3.05, 3.63) is 76.9 Å². The smallest absolute Gasteiger partial charge is 0.350 e. The van der Waals surface area contributed by atoms with Gasteiger partial charge in [-0.25, -0.2) is 19.5 Å². The lowest BCUT2D eigenvalue weighted by atomic mass is 10.1. The molecule has 0 aliphatic carbocycles. The van der Waals surface area contributed by atoms with Crippen LogP contribution in [0.5, 0.6) is 11.8 Å². The van der Waals surface area contributed by atoms with Crippen LogP contribution < -0.4 is 19.8 Å². The van der Waals surface area contributed by atoms with Crippen molar-refractivity contribution in [2.75, 3.05) is 11.8 Å². The molecule has 0 bridgehead atoms. The first-order valence-corrected chi connectivity index (χ1v) is 11.7. The maximum atomic E-state index is 12.7. The highest BCUT2D eigenvalue weighted by Gasteiger charge is 2.15. The average Bonchev–Trinajstić information content (AvgIpc) is 2.77. The van der Waals surface area contributed by atoms with Crippen LogP contribution in [0, 0.1) is 6.92 Å². The molecule has 2 N–H and O–H groups in total. The number of aromatic nitrogens is 2. The molecular formula is C21H18N4O5S2. The van der Waals surface area contributed by atoms with Crippen LogP contribution >= 0.6 is 11.8 Å². The summed E-state index contributed by atoms with van der Waals surface area (Å²) >= 11 is 1.20. The van der Waals surface area contributed by atoms with Crippen molar-refractivity contribution in [1.29, 1.82) is 0 Å². The molecule has 2 aromatic heterocycles. The summed E-state index contributed by atoms with van der Waals surface area (Å²) in [5.41, 5.74) is 0.984. The summed E-state index contributed by atoms with van der Waals surface area (Å²) in [6.07, 6.45) is 3.13. The lowest BCUT2D eigenvalue weighted by Crippen LogP contribution is -2.26. The number of anilines is 1. The van der Waals surface area contributed by atoms with E-state index in [1.165, 1.54) is 18.8 Å². The van der Waals surface area contributed by atoms with Gasteiger partial charge in [0.05, 0.1) is 5.69 Å². The van der Waals surface area contributed by atoms with Gasteiger partial charge in [-0.05, 0) is 48.9 Å². The Balaban J connectivity index is 1.64. The Labute approximate surface area is 188 Å². The van der Waals surface area contributed by atoms with E-state index in [1.54, 1.807) is 60.9 Å². The Bertz CT molecular complexity index is 1440. The molecule has 0 spiro atoms. The molecule has 0 radical (unpaired) electrons. The van der Waals surface area contributed by atoms with Crippen LogP contribution in [0.1, 0.15) is 5.56 Å². The van der Waals surface area contributed by atoms with Gasteiger partial charge in [0.15, 0.2) is 0 Å². The van der Waals surface area contributed by atoms with Crippen molar-refractivity contribution < 1.29 is 17.6 Å². The van der Waals surface area contributed by atoms with E-state index < -0.39 is 15.8 Å². The summed E-state index contributed by atoms with van der Waals surface area (Å²) in [5, 5.41) is 0.750. The number of nitrogens with zero attached hydrogens (tertiary/aromatic N) is 2. The standard InChI is InChI=1S/C21H18N4O5S2/c1-13-17-8-7-15(29-21-23-9-4-10-24-21)12-18(17)30-20(26)19(13)31-16-6-3-5-14(11-16)25-32(27,28)22-2/h3-12,22,25H,1-2H3. The predicted molar refractivity (Wildman–Crippen MR) is 121 cm³/mol. The zero-order valence-corrected chi connectivity index (χ0v) is 18.7. The monoisotopic (exact) mass is 470 g/mol. The molecule has 4 rings (SSSR count). The molecule has 0 fully saturated rings. The lowest BCUT2D eigenvalue weighted by molar-refractivity contribution is 0.440. The Hall–Kier alpha value is -3.41.